The summed E-state index contributed by atoms with van der Waals surface area (Å²) in [5.74, 6) is 0.742. The second-order valence-corrected chi connectivity index (χ2v) is 8.36. The number of nitrogens with zero attached hydrogens (tertiary/aromatic N) is 1. The van der Waals surface area contributed by atoms with Gasteiger partial charge in [0.2, 0.25) is 0 Å². The molecule has 2 aromatic rings. The Morgan fingerprint density at radius 2 is 2.33 bits per heavy atom. The van der Waals surface area contributed by atoms with E-state index < -0.39 is 0 Å². The number of thiophene rings is 1. The molecule has 2 aromatic heterocycles. The van der Waals surface area contributed by atoms with Crippen LogP contribution in [-0.4, -0.2) is 24.9 Å². The molecule has 1 fully saturated rings. The van der Waals surface area contributed by atoms with Crippen LogP contribution in [0.15, 0.2) is 16.7 Å². The third-order valence-electron chi connectivity index (χ3n) is 4.82. The number of methoxy groups -OCH3 is 1. The highest BCUT2D eigenvalue weighted by atomic mass is 35.5. The van der Waals surface area contributed by atoms with E-state index in [2.05, 4.69) is 23.5 Å². The molecular weight excluding hydrogens is 348 g/mol. The molecule has 0 saturated carbocycles. The van der Waals surface area contributed by atoms with E-state index in [1.807, 2.05) is 6.07 Å². The number of ether oxygens (including phenoxy) is 2. The van der Waals surface area contributed by atoms with Gasteiger partial charge in [0.1, 0.15) is 17.9 Å². The first-order valence-electron chi connectivity index (χ1n) is 8.23. The van der Waals surface area contributed by atoms with Crippen LogP contribution in [0, 0.1) is 0 Å². The van der Waals surface area contributed by atoms with Gasteiger partial charge in [0.05, 0.1) is 17.0 Å². The Balaban J connectivity index is 1.65. The van der Waals surface area contributed by atoms with E-state index in [1.165, 1.54) is 10.4 Å². The molecule has 7 heteroatoms. The lowest BCUT2D eigenvalue weighted by atomic mass is 9.79. The van der Waals surface area contributed by atoms with Crippen LogP contribution >= 0.6 is 22.9 Å². The predicted molar refractivity (Wildman–Crippen MR) is 92.5 cm³/mol. The van der Waals surface area contributed by atoms with E-state index in [4.69, 9.17) is 25.6 Å². The van der Waals surface area contributed by atoms with Crippen LogP contribution in [0.5, 0.6) is 0 Å². The molecule has 1 N–H and O–H groups in total. The van der Waals surface area contributed by atoms with Crippen molar-refractivity contribution in [2.75, 3.05) is 13.7 Å². The summed E-state index contributed by atoms with van der Waals surface area (Å²) < 4.78 is 17.7. The van der Waals surface area contributed by atoms with Gasteiger partial charge in [-0.3, -0.25) is 0 Å². The van der Waals surface area contributed by atoms with E-state index in [0.717, 1.165) is 41.7 Å². The van der Waals surface area contributed by atoms with Crippen molar-refractivity contribution in [1.82, 2.24) is 10.5 Å². The standard InChI is InChI=1S/C17H21ClN2O3S/c1-10-7-17(16-11(3-4-22-17)5-15(18)24-16)8-14(19-10)13-6-12(9-21-2)23-20-13/h5-6,10,14,19H,3-4,7-9H2,1-2H3. The number of hydrogen-bond donors (Lipinski definition) is 1. The Hall–Kier alpha value is -0.920. The maximum Gasteiger partial charge on any atom is 0.162 e. The Kier molecular flexibility index (Phi) is 4.43. The molecule has 4 heterocycles. The normalized spacial score (nSPS) is 29.8. The number of aromatic nitrogens is 1. The van der Waals surface area contributed by atoms with Gasteiger partial charge in [0, 0.05) is 30.5 Å². The van der Waals surface area contributed by atoms with Crippen LogP contribution in [0.3, 0.4) is 0 Å². The first kappa shape index (κ1) is 16.5. The maximum absolute atomic E-state index is 6.35. The van der Waals surface area contributed by atoms with Gasteiger partial charge in [0.25, 0.3) is 0 Å². The second-order valence-electron chi connectivity index (χ2n) is 6.68. The van der Waals surface area contributed by atoms with E-state index in [1.54, 1.807) is 18.4 Å². The number of halogens is 1. The molecule has 0 aromatic carbocycles. The highest BCUT2D eigenvalue weighted by molar-refractivity contribution is 7.16. The number of nitrogens with one attached hydrogen (secondary N) is 1. The summed E-state index contributed by atoms with van der Waals surface area (Å²) in [7, 11) is 1.65. The Bertz CT molecular complexity index is 731. The molecule has 4 rings (SSSR count). The van der Waals surface area contributed by atoms with Crippen molar-refractivity contribution in [3.05, 3.63) is 38.4 Å². The molecule has 3 unspecified atom stereocenters. The van der Waals surface area contributed by atoms with Crippen LogP contribution in [0.25, 0.3) is 0 Å². The molecule has 2 aliphatic heterocycles. The first-order chi connectivity index (χ1) is 11.6. The molecule has 3 atom stereocenters. The zero-order chi connectivity index (χ0) is 16.7. The minimum atomic E-state index is -0.277. The van der Waals surface area contributed by atoms with Gasteiger partial charge in [0.15, 0.2) is 5.76 Å². The summed E-state index contributed by atoms with van der Waals surface area (Å²) in [5.41, 5.74) is 1.97. The van der Waals surface area contributed by atoms with E-state index in [-0.39, 0.29) is 11.6 Å². The molecule has 130 valence electrons. The number of hydrogen-bond acceptors (Lipinski definition) is 6. The average molecular weight is 369 g/mol. The SMILES string of the molecule is COCc1cc(C2CC3(CC(C)N2)OCCc2cc(Cl)sc23)no1. The molecule has 0 amide bonds. The van der Waals surface area contributed by atoms with Gasteiger partial charge in [-0.05, 0) is 31.4 Å². The van der Waals surface area contributed by atoms with Crippen LogP contribution in [0.1, 0.15) is 47.7 Å². The minimum absolute atomic E-state index is 0.0925. The third kappa shape index (κ3) is 2.91. The van der Waals surface area contributed by atoms with Gasteiger partial charge >= 0.3 is 0 Å². The fourth-order valence-electron chi connectivity index (χ4n) is 3.95. The smallest absolute Gasteiger partial charge is 0.162 e. The van der Waals surface area contributed by atoms with Crippen molar-refractivity contribution in [3.8, 4) is 0 Å². The summed E-state index contributed by atoms with van der Waals surface area (Å²) in [6.07, 6.45) is 2.71. The number of fused-ring (bicyclic) bond motifs is 2. The second kappa shape index (κ2) is 6.42. The molecule has 24 heavy (non-hydrogen) atoms. The summed E-state index contributed by atoms with van der Waals surface area (Å²) >= 11 is 7.94. The van der Waals surface area contributed by atoms with Crippen molar-refractivity contribution in [2.24, 2.45) is 0 Å². The van der Waals surface area contributed by atoms with Crippen LogP contribution in [0.2, 0.25) is 4.34 Å². The van der Waals surface area contributed by atoms with Gasteiger partial charge in [-0.15, -0.1) is 11.3 Å². The van der Waals surface area contributed by atoms with Crippen molar-refractivity contribution < 1.29 is 14.0 Å². The topological polar surface area (TPSA) is 56.5 Å². The van der Waals surface area contributed by atoms with Gasteiger partial charge in [-0.2, -0.15) is 0 Å². The highest BCUT2D eigenvalue weighted by Gasteiger charge is 2.46. The molecule has 0 aliphatic carbocycles. The monoisotopic (exact) mass is 368 g/mol. The summed E-state index contributed by atoms with van der Waals surface area (Å²) in [4.78, 5) is 1.29. The minimum Gasteiger partial charge on any atom is -0.377 e. The van der Waals surface area contributed by atoms with Crippen molar-refractivity contribution in [3.63, 3.8) is 0 Å². The molecule has 0 bridgehead atoms. The molecule has 1 saturated heterocycles. The molecule has 2 aliphatic rings. The fourth-order valence-corrected chi connectivity index (χ4v) is 5.42. The highest BCUT2D eigenvalue weighted by Crippen LogP contribution is 2.49. The summed E-state index contributed by atoms with van der Waals surface area (Å²) in [5, 5.41) is 7.86. The van der Waals surface area contributed by atoms with Crippen LogP contribution < -0.4 is 5.32 Å². The molecule has 1 spiro atoms. The quantitative estimate of drug-likeness (QED) is 0.892. The molecular formula is C17H21ClN2O3S. The fraction of sp³-hybridized carbons (Fsp3) is 0.588. The Morgan fingerprint density at radius 1 is 1.46 bits per heavy atom. The molecule has 5 nitrogen and oxygen atoms in total. The largest absolute Gasteiger partial charge is 0.377 e. The van der Waals surface area contributed by atoms with E-state index in [9.17, 15) is 0 Å². The number of rotatable bonds is 3. The third-order valence-corrected chi connectivity index (χ3v) is 6.31. The average Bonchev–Trinajstić information content (AvgIpc) is 3.14. The Morgan fingerprint density at radius 3 is 3.17 bits per heavy atom. The van der Waals surface area contributed by atoms with Gasteiger partial charge in [-0.25, -0.2) is 0 Å². The van der Waals surface area contributed by atoms with Crippen LogP contribution in [-0.2, 0) is 28.1 Å². The number of piperidine rings is 1. The zero-order valence-electron chi connectivity index (χ0n) is 13.8. The Labute approximate surface area is 150 Å². The molecule has 0 radical (unpaired) electrons. The van der Waals surface area contributed by atoms with Gasteiger partial charge < -0.3 is 19.3 Å². The lowest BCUT2D eigenvalue weighted by molar-refractivity contribution is -0.0959. The summed E-state index contributed by atoms with van der Waals surface area (Å²) in [6.45, 7) is 3.37. The van der Waals surface area contributed by atoms with Crippen molar-refractivity contribution in [2.45, 2.75) is 50.5 Å². The predicted octanol–water partition coefficient (Wildman–Crippen LogP) is 3.82. The lowest BCUT2D eigenvalue weighted by Crippen LogP contribution is -2.49. The van der Waals surface area contributed by atoms with E-state index >= 15 is 0 Å². The summed E-state index contributed by atoms with van der Waals surface area (Å²) in [6, 6.07) is 4.48. The zero-order valence-corrected chi connectivity index (χ0v) is 15.4. The van der Waals surface area contributed by atoms with Crippen LogP contribution in [0.4, 0.5) is 0 Å². The van der Waals surface area contributed by atoms with E-state index in [0.29, 0.717) is 12.6 Å². The first-order valence-corrected chi connectivity index (χ1v) is 9.42. The van der Waals surface area contributed by atoms with Crippen molar-refractivity contribution in [1.29, 1.82) is 0 Å². The van der Waals surface area contributed by atoms with Gasteiger partial charge in [-0.1, -0.05) is 16.8 Å². The van der Waals surface area contributed by atoms with Crippen molar-refractivity contribution >= 4 is 22.9 Å². The lowest BCUT2D eigenvalue weighted by Gasteiger charge is -2.45. The maximum atomic E-state index is 6.35.